The highest BCUT2D eigenvalue weighted by molar-refractivity contribution is 7.90. The number of sulfone groups is 1. The summed E-state index contributed by atoms with van der Waals surface area (Å²) in [7, 11) is -3.40. The fourth-order valence-electron chi connectivity index (χ4n) is 2.17. The Labute approximate surface area is 132 Å². The first-order valence-electron chi connectivity index (χ1n) is 6.54. The molecule has 0 saturated carbocycles. The summed E-state index contributed by atoms with van der Waals surface area (Å²) in [5, 5.41) is 3.68. The highest BCUT2D eigenvalue weighted by Crippen LogP contribution is 2.27. The van der Waals surface area contributed by atoms with E-state index in [1.165, 1.54) is 17.4 Å². The molecule has 0 aliphatic heterocycles. The van der Waals surface area contributed by atoms with Crippen LogP contribution < -0.4 is 5.32 Å². The maximum atomic E-state index is 12.4. The molecular weight excluding hydrogens is 318 g/mol. The SMILES string of the molecule is CS(=O)(=O)c1ccccc1NC(=O)c1cc2ccccc2s1. The number of thiophene rings is 1. The van der Waals surface area contributed by atoms with E-state index in [1.807, 2.05) is 24.3 Å². The molecular formula is C16H13NO3S2. The Morgan fingerprint density at radius 1 is 1.05 bits per heavy atom. The molecule has 3 rings (SSSR count). The quantitative estimate of drug-likeness (QED) is 0.798. The van der Waals surface area contributed by atoms with Crippen LogP contribution in [0.1, 0.15) is 9.67 Å². The second-order valence-electron chi connectivity index (χ2n) is 4.87. The number of benzene rings is 2. The van der Waals surface area contributed by atoms with Gasteiger partial charge in [-0.3, -0.25) is 4.79 Å². The number of hydrogen-bond acceptors (Lipinski definition) is 4. The molecule has 4 nitrogen and oxygen atoms in total. The van der Waals surface area contributed by atoms with Gasteiger partial charge in [0.15, 0.2) is 9.84 Å². The zero-order valence-electron chi connectivity index (χ0n) is 11.7. The average Bonchev–Trinajstić information content (AvgIpc) is 2.90. The number of fused-ring (bicyclic) bond motifs is 1. The van der Waals surface area contributed by atoms with Gasteiger partial charge in [0.05, 0.1) is 15.5 Å². The van der Waals surface area contributed by atoms with E-state index in [4.69, 9.17) is 0 Å². The van der Waals surface area contributed by atoms with Gasteiger partial charge in [0.1, 0.15) is 0 Å². The summed E-state index contributed by atoms with van der Waals surface area (Å²) in [5.41, 5.74) is 0.299. The minimum absolute atomic E-state index is 0.115. The molecule has 1 heterocycles. The van der Waals surface area contributed by atoms with Crippen molar-refractivity contribution in [1.82, 2.24) is 0 Å². The van der Waals surface area contributed by atoms with Crippen molar-refractivity contribution < 1.29 is 13.2 Å². The van der Waals surface area contributed by atoms with E-state index in [0.717, 1.165) is 16.3 Å². The summed E-state index contributed by atoms with van der Waals surface area (Å²) in [6.07, 6.45) is 1.12. The highest BCUT2D eigenvalue weighted by atomic mass is 32.2. The lowest BCUT2D eigenvalue weighted by Crippen LogP contribution is -2.13. The second-order valence-corrected chi connectivity index (χ2v) is 7.94. The van der Waals surface area contributed by atoms with E-state index in [9.17, 15) is 13.2 Å². The van der Waals surface area contributed by atoms with Crippen LogP contribution in [0.5, 0.6) is 0 Å². The summed E-state index contributed by atoms with van der Waals surface area (Å²) in [6, 6.07) is 15.9. The first-order valence-corrected chi connectivity index (χ1v) is 9.25. The van der Waals surface area contributed by atoms with Crippen molar-refractivity contribution in [3.63, 3.8) is 0 Å². The molecule has 0 saturated heterocycles. The summed E-state index contributed by atoms with van der Waals surface area (Å²) >= 11 is 1.38. The molecule has 3 aromatic rings. The number of para-hydroxylation sites is 1. The monoisotopic (exact) mass is 331 g/mol. The fourth-order valence-corrected chi connectivity index (χ4v) is 3.97. The largest absolute Gasteiger partial charge is 0.320 e. The third-order valence-electron chi connectivity index (χ3n) is 3.18. The lowest BCUT2D eigenvalue weighted by Gasteiger charge is -2.08. The van der Waals surface area contributed by atoms with Gasteiger partial charge in [-0.1, -0.05) is 30.3 Å². The minimum atomic E-state index is -3.40. The molecule has 112 valence electrons. The van der Waals surface area contributed by atoms with Crippen LogP contribution in [0.15, 0.2) is 59.5 Å². The van der Waals surface area contributed by atoms with E-state index in [-0.39, 0.29) is 10.8 Å². The summed E-state index contributed by atoms with van der Waals surface area (Å²) in [6.45, 7) is 0. The van der Waals surface area contributed by atoms with Crippen molar-refractivity contribution >= 4 is 42.9 Å². The van der Waals surface area contributed by atoms with E-state index in [1.54, 1.807) is 24.3 Å². The predicted molar refractivity (Wildman–Crippen MR) is 89.3 cm³/mol. The van der Waals surface area contributed by atoms with Gasteiger partial charge in [0, 0.05) is 11.0 Å². The number of anilines is 1. The first-order chi connectivity index (χ1) is 10.4. The van der Waals surface area contributed by atoms with Crippen molar-refractivity contribution in [2.45, 2.75) is 4.90 Å². The van der Waals surface area contributed by atoms with Gasteiger partial charge in [-0.25, -0.2) is 8.42 Å². The Balaban J connectivity index is 1.95. The Morgan fingerprint density at radius 2 is 1.73 bits per heavy atom. The van der Waals surface area contributed by atoms with Crippen LogP contribution in [-0.4, -0.2) is 20.6 Å². The van der Waals surface area contributed by atoms with E-state index < -0.39 is 9.84 Å². The molecule has 0 aliphatic carbocycles. The van der Waals surface area contributed by atoms with Crippen molar-refractivity contribution in [1.29, 1.82) is 0 Å². The highest BCUT2D eigenvalue weighted by Gasteiger charge is 2.16. The topological polar surface area (TPSA) is 63.2 Å². The fraction of sp³-hybridized carbons (Fsp3) is 0.0625. The van der Waals surface area contributed by atoms with E-state index in [0.29, 0.717) is 10.6 Å². The standard InChI is InChI=1S/C16H13NO3S2/c1-22(19,20)15-9-5-3-7-12(15)17-16(18)14-10-11-6-2-4-8-13(11)21-14/h2-10H,1H3,(H,17,18). The van der Waals surface area contributed by atoms with Gasteiger partial charge < -0.3 is 5.32 Å². The Bertz CT molecular complexity index is 925. The Morgan fingerprint density at radius 3 is 2.45 bits per heavy atom. The van der Waals surface area contributed by atoms with Gasteiger partial charge in [-0.05, 0) is 29.7 Å². The molecule has 0 fully saturated rings. The third kappa shape index (κ3) is 2.88. The lowest BCUT2D eigenvalue weighted by atomic mass is 10.2. The molecule has 6 heteroatoms. The van der Waals surface area contributed by atoms with Crippen molar-refractivity contribution in [3.05, 3.63) is 59.5 Å². The number of carbonyl (C=O) groups excluding carboxylic acids is 1. The number of hydrogen-bond donors (Lipinski definition) is 1. The third-order valence-corrected chi connectivity index (χ3v) is 5.45. The van der Waals surface area contributed by atoms with E-state index >= 15 is 0 Å². The maximum Gasteiger partial charge on any atom is 0.265 e. The van der Waals surface area contributed by atoms with Crippen molar-refractivity contribution in [2.75, 3.05) is 11.6 Å². The van der Waals surface area contributed by atoms with Crippen LogP contribution >= 0.6 is 11.3 Å². The van der Waals surface area contributed by atoms with E-state index in [2.05, 4.69) is 5.32 Å². The smallest absolute Gasteiger partial charge is 0.265 e. The van der Waals surface area contributed by atoms with Gasteiger partial charge >= 0.3 is 0 Å². The first kappa shape index (κ1) is 14.7. The molecule has 0 spiro atoms. The predicted octanol–water partition coefficient (Wildman–Crippen LogP) is 3.56. The molecule has 0 radical (unpaired) electrons. The lowest BCUT2D eigenvalue weighted by molar-refractivity contribution is 0.103. The normalized spacial score (nSPS) is 11.5. The molecule has 0 aliphatic rings. The van der Waals surface area contributed by atoms with Crippen LogP contribution in [0, 0.1) is 0 Å². The van der Waals surface area contributed by atoms with Crippen LogP contribution in [0.3, 0.4) is 0 Å². The molecule has 1 aromatic heterocycles. The Hall–Kier alpha value is -2.18. The molecule has 22 heavy (non-hydrogen) atoms. The number of nitrogens with one attached hydrogen (secondary N) is 1. The molecule has 2 aromatic carbocycles. The summed E-state index contributed by atoms with van der Waals surface area (Å²) in [4.78, 5) is 13.0. The molecule has 1 amide bonds. The van der Waals surface area contributed by atoms with Crippen molar-refractivity contribution in [2.24, 2.45) is 0 Å². The van der Waals surface area contributed by atoms with Crippen LogP contribution in [0.25, 0.3) is 10.1 Å². The Kier molecular flexibility index (Phi) is 3.72. The molecule has 0 bridgehead atoms. The van der Waals surface area contributed by atoms with Crippen molar-refractivity contribution in [3.8, 4) is 0 Å². The van der Waals surface area contributed by atoms with Crippen LogP contribution in [0.2, 0.25) is 0 Å². The van der Waals surface area contributed by atoms with Crippen LogP contribution in [0.4, 0.5) is 5.69 Å². The summed E-state index contributed by atoms with van der Waals surface area (Å²) in [5.74, 6) is -0.308. The molecule has 1 N–H and O–H groups in total. The molecule has 0 unspecified atom stereocenters. The average molecular weight is 331 g/mol. The van der Waals surface area contributed by atoms with Gasteiger partial charge in [0.2, 0.25) is 0 Å². The maximum absolute atomic E-state index is 12.4. The number of carbonyl (C=O) groups is 1. The van der Waals surface area contributed by atoms with Gasteiger partial charge in [-0.2, -0.15) is 0 Å². The second kappa shape index (κ2) is 5.55. The molecule has 0 atom stereocenters. The van der Waals surface area contributed by atoms with Crippen LogP contribution in [-0.2, 0) is 9.84 Å². The number of rotatable bonds is 3. The van der Waals surface area contributed by atoms with Gasteiger partial charge in [0.25, 0.3) is 5.91 Å². The zero-order chi connectivity index (χ0) is 15.7. The zero-order valence-corrected chi connectivity index (χ0v) is 13.4. The summed E-state index contributed by atoms with van der Waals surface area (Å²) < 4.78 is 24.5. The van der Waals surface area contributed by atoms with Gasteiger partial charge in [-0.15, -0.1) is 11.3 Å². The number of amides is 1. The minimum Gasteiger partial charge on any atom is -0.320 e.